The third kappa shape index (κ3) is 2.65. The summed E-state index contributed by atoms with van der Waals surface area (Å²) in [7, 11) is 2.03. The molecule has 0 radical (unpaired) electrons. The molecule has 0 bridgehead atoms. The second kappa shape index (κ2) is 5.29. The molecule has 2 rings (SSSR count). The average molecular weight is 233 g/mol. The van der Waals surface area contributed by atoms with E-state index in [0.717, 1.165) is 30.9 Å². The Bertz CT molecular complexity index is 505. The normalized spacial score (nSPS) is 11.2. The Kier molecular flexibility index (Phi) is 3.76. The zero-order valence-corrected chi connectivity index (χ0v) is 10.4. The first-order valence-electron chi connectivity index (χ1n) is 5.96. The van der Waals surface area contributed by atoms with E-state index in [-0.39, 0.29) is 6.61 Å². The zero-order chi connectivity index (χ0) is 12.3. The number of hydrogen-bond donors (Lipinski definition) is 2. The van der Waals surface area contributed by atoms with Gasteiger partial charge in [0.25, 0.3) is 0 Å². The summed E-state index contributed by atoms with van der Waals surface area (Å²) in [4.78, 5) is 4.51. The average Bonchev–Trinajstić information content (AvgIpc) is 2.61. The lowest BCUT2D eigenvalue weighted by Crippen LogP contribution is -2.15. The van der Waals surface area contributed by atoms with E-state index in [0.29, 0.717) is 0 Å². The smallest absolute Gasteiger partial charge is 0.106 e. The number of benzene rings is 1. The van der Waals surface area contributed by atoms with Crippen LogP contribution in [0, 0.1) is 6.92 Å². The van der Waals surface area contributed by atoms with Crippen LogP contribution in [0.15, 0.2) is 18.2 Å². The monoisotopic (exact) mass is 233 g/mol. The van der Waals surface area contributed by atoms with Crippen LogP contribution >= 0.6 is 0 Å². The van der Waals surface area contributed by atoms with Gasteiger partial charge in [-0.1, -0.05) is 6.07 Å². The fourth-order valence-corrected chi connectivity index (χ4v) is 1.91. The molecule has 0 unspecified atom stereocenters. The summed E-state index contributed by atoms with van der Waals surface area (Å²) in [6.45, 7) is 3.92. The van der Waals surface area contributed by atoms with Gasteiger partial charge in [0.2, 0.25) is 0 Å². The summed E-state index contributed by atoms with van der Waals surface area (Å²) in [6.07, 6.45) is 0.797. The van der Waals surface area contributed by atoms with Gasteiger partial charge in [0, 0.05) is 20.2 Å². The largest absolute Gasteiger partial charge is 0.396 e. The zero-order valence-electron chi connectivity index (χ0n) is 10.4. The van der Waals surface area contributed by atoms with Crippen LogP contribution < -0.4 is 5.32 Å². The van der Waals surface area contributed by atoms with Crippen molar-refractivity contribution in [1.29, 1.82) is 0 Å². The van der Waals surface area contributed by atoms with E-state index in [1.54, 1.807) is 0 Å². The van der Waals surface area contributed by atoms with Gasteiger partial charge in [-0.05, 0) is 37.6 Å². The summed E-state index contributed by atoms with van der Waals surface area (Å²) < 4.78 is 2.10. The SMILES string of the molecule is Cc1nc2cc(CNCCCO)ccc2n1C. The predicted molar refractivity (Wildman–Crippen MR) is 68.9 cm³/mol. The maximum Gasteiger partial charge on any atom is 0.106 e. The van der Waals surface area contributed by atoms with Crippen LogP contribution in [0.3, 0.4) is 0 Å². The second-order valence-corrected chi connectivity index (χ2v) is 4.30. The highest BCUT2D eigenvalue weighted by Crippen LogP contribution is 2.16. The van der Waals surface area contributed by atoms with Crippen LogP contribution in [0.2, 0.25) is 0 Å². The van der Waals surface area contributed by atoms with Gasteiger partial charge >= 0.3 is 0 Å². The molecule has 0 spiro atoms. The van der Waals surface area contributed by atoms with Crippen molar-refractivity contribution in [2.45, 2.75) is 19.9 Å². The third-order valence-electron chi connectivity index (χ3n) is 3.01. The van der Waals surface area contributed by atoms with Crippen molar-refractivity contribution in [3.63, 3.8) is 0 Å². The Morgan fingerprint density at radius 1 is 1.41 bits per heavy atom. The molecule has 2 aromatic rings. The molecule has 1 heterocycles. The van der Waals surface area contributed by atoms with Gasteiger partial charge in [0.15, 0.2) is 0 Å². The van der Waals surface area contributed by atoms with Gasteiger partial charge in [0.05, 0.1) is 11.0 Å². The molecular formula is C13H19N3O. The highest BCUT2D eigenvalue weighted by molar-refractivity contribution is 5.76. The van der Waals surface area contributed by atoms with Gasteiger partial charge in [-0.25, -0.2) is 4.98 Å². The molecule has 92 valence electrons. The maximum atomic E-state index is 8.69. The molecule has 0 saturated carbocycles. The van der Waals surface area contributed by atoms with E-state index in [1.807, 2.05) is 14.0 Å². The van der Waals surface area contributed by atoms with Crippen LogP contribution in [-0.2, 0) is 13.6 Å². The summed E-state index contributed by atoms with van der Waals surface area (Å²) in [6, 6.07) is 6.35. The van der Waals surface area contributed by atoms with E-state index in [9.17, 15) is 0 Å². The van der Waals surface area contributed by atoms with Crippen LogP contribution in [0.5, 0.6) is 0 Å². The van der Waals surface area contributed by atoms with Gasteiger partial charge in [-0.15, -0.1) is 0 Å². The van der Waals surface area contributed by atoms with Crippen LogP contribution in [0.4, 0.5) is 0 Å². The molecule has 0 aliphatic heterocycles. The van der Waals surface area contributed by atoms with Crippen LogP contribution in [0.1, 0.15) is 17.8 Å². The number of aryl methyl sites for hydroxylation is 2. The van der Waals surface area contributed by atoms with E-state index >= 15 is 0 Å². The number of fused-ring (bicyclic) bond motifs is 1. The fraction of sp³-hybridized carbons (Fsp3) is 0.462. The number of nitrogens with zero attached hydrogens (tertiary/aromatic N) is 2. The standard InChI is InChI=1S/C13H19N3O/c1-10-15-12-8-11(9-14-6-3-7-17)4-5-13(12)16(10)2/h4-5,8,14,17H,3,6-7,9H2,1-2H3. The second-order valence-electron chi connectivity index (χ2n) is 4.30. The minimum Gasteiger partial charge on any atom is -0.396 e. The van der Waals surface area contributed by atoms with Crippen molar-refractivity contribution >= 4 is 11.0 Å². The molecule has 0 amide bonds. The number of imidazole rings is 1. The van der Waals surface area contributed by atoms with Crippen molar-refractivity contribution in [2.75, 3.05) is 13.2 Å². The highest BCUT2D eigenvalue weighted by Gasteiger charge is 2.04. The molecule has 4 nitrogen and oxygen atoms in total. The molecule has 0 saturated heterocycles. The van der Waals surface area contributed by atoms with Crippen LogP contribution in [0.25, 0.3) is 11.0 Å². The molecule has 1 aromatic heterocycles. The number of rotatable bonds is 5. The Morgan fingerprint density at radius 2 is 2.24 bits per heavy atom. The minimum absolute atomic E-state index is 0.242. The summed E-state index contributed by atoms with van der Waals surface area (Å²) in [5.74, 6) is 1.03. The molecule has 17 heavy (non-hydrogen) atoms. The summed E-state index contributed by atoms with van der Waals surface area (Å²) in [5.41, 5.74) is 3.45. The van der Waals surface area contributed by atoms with Crippen molar-refractivity contribution in [3.05, 3.63) is 29.6 Å². The number of aromatic nitrogens is 2. The van der Waals surface area contributed by atoms with Crippen molar-refractivity contribution in [2.24, 2.45) is 7.05 Å². The number of aliphatic hydroxyl groups excluding tert-OH is 1. The van der Waals surface area contributed by atoms with E-state index in [2.05, 4.69) is 33.1 Å². The Balaban J connectivity index is 2.09. The molecule has 0 aliphatic carbocycles. The van der Waals surface area contributed by atoms with E-state index < -0.39 is 0 Å². The van der Waals surface area contributed by atoms with Gasteiger partial charge in [-0.3, -0.25) is 0 Å². The number of aliphatic hydroxyl groups is 1. The first kappa shape index (κ1) is 12.1. The molecule has 0 aliphatic rings. The molecule has 0 atom stereocenters. The Labute approximate surface area is 101 Å². The maximum absolute atomic E-state index is 8.69. The molecule has 0 fully saturated rings. The molecule has 2 N–H and O–H groups in total. The van der Waals surface area contributed by atoms with Crippen molar-refractivity contribution in [1.82, 2.24) is 14.9 Å². The lowest BCUT2D eigenvalue weighted by Gasteiger charge is -2.04. The molecular weight excluding hydrogens is 214 g/mol. The lowest BCUT2D eigenvalue weighted by atomic mass is 10.2. The van der Waals surface area contributed by atoms with Gasteiger partial charge in [-0.2, -0.15) is 0 Å². The Morgan fingerprint density at radius 3 is 3.00 bits per heavy atom. The summed E-state index contributed by atoms with van der Waals surface area (Å²) in [5, 5.41) is 12.0. The minimum atomic E-state index is 0.242. The van der Waals surface area contributed by atoms with E-state index in [4.69, 9.17) is 5.11 Å². The molecule has 4 heteroatoms. The summed E-state index contributed by atoms with van der Waals surface area (Å²) >= 11 is 0. The van der Waals surface area contributed by atoms with Crippen molar-refractivity contribution < 1.29 is 5.11 Å². The van der Waals surface area contributed by atoms with Crippen LogP contribution in [-0.4, -0.2) is 27.8 Å². The number of nitrogens with one attached hydrogen (secondary N) is 1. The first-order chi connectivity index (χ1) is 8.22. The fourth-order valence-electron chi connectivity index (χ4n) is 1.91. The van der Waals surface area contributed by atoms with Gasteiger partial charge < -0.3 is 15.0 Å². The van der Waals surface area contributed by atoms with Gasteiger partial charge in [0.1, 0.15) is 5.82 Å². The van der Waals surface area contributed by atoms with Crippen molar-refractivity contribution in [3.8, 4) is 0 Å². The highest BCUT2D eigenvalue weighted by atomic mass is 16.3. The third-order valence-corrected chi connectivity index (χ3v) is 3.01. The Hall–Kier alpha value is -1.39. The first-order valence-corrected chi connectivity index (χ1v) is 5.96. The lowest BCUT2D eigenvalue weighted by molar-refractivity contribution is 0.286. The molecule has 1 aromatic carbocycles. The quantitative estimate of drug-likeness (QED) is 0.767. The van der Waals surface area contributed by atoms with E-state index in [1.165, 1.54) is 11.1 Å². The topological polar surface area (TPSA) is 50.1 Å². The number of hydrogen-bond acceptors (Lipinski definition) is 3. The predicted octanol–water partition coefficient (Wildman–Crippen LogP) is 1.35.